The fourth-order valence-electron chi connectivity index (χ4n) is 5.84. The molecule has 2 aromatic carbocycles. The molecule has 210 valence electrons. The minimum absolute atomic E-state index is 0.0728. The number of allylic oxidation sites excluding steroid dienone is 1. The highest BCUT2D eigenvalue weighted by Crippen LogP contribution is 2.41. The number of hydrogen-bond acceptors (Lipinski definition) is 5. The van der Waals surface area contributed by atoms with Crippen LogP contribution in [0.15, 0.2) is 52.9 Å². The molecule has 3 aliphatic rings. The Bertz CT molecular complexity index is 1320. The van der Waals surface area contributed by atoms with Gasteiger partial charge in [-0.1, -0.05) is 36.7 Å². The summed E-state index contributed by atoms with van der Waals surface area (Å²) >= 11 is 6.38. The lowest BCUT2D eigenvalue weighted by molar-refractivity contribution is 0.0459. The van der Waals surface area contributed by atoms with Gasteiger partial charge in [0.05, 0.1) is 18.4 Å². The van der Waals surface area contributed by atoms with Gasteiger partial charge in [-0.25, -0.2) is 0 Å². The zero-order chi connectivity index (χ0) is 27.5. The van der Waals surface area contributed by atoms with Gasteiger partial charge >= 0.3 is 0 Å². The fourth-order valence-corrected chi connectivity index (χ4v) is 7.07. The number of aryl methyl sites for hydroxylation is 1. The standard InChI is InChI=1S/C31H39ClN2O4S/c1-20-6-5-8-29(35)27-13-10-25(27)19-34-18-24-9-12-26(32)16-22(24)7-3-4-15-38-30-14-11-23(17-28(30)34)31(36)33-39(37)21(20)2/h5,8-9,11-12,14,16-17,20-21,25,27,29,35,39H,3-4,6-7,10,13,15,18-19H2,1-2H3/b8-5+/t20-,21+,25-,27+,29-/m0/s1. The molecule has 2 aromatic rings. The van der Waals surface area contributed by atoms with Crippen LogP contribution in [0.25, 0.3) is 0 Å². The number of aliphatic hydroxyl groups is 1. The fraction of sp³-hybridized carbons (Fsp3) is 0.516. The van der Waals surface area contributed by atoms with Crippen LogP contribution in [0.2, 0.25) is 5.02 Å². The van der Waals surface area contributed by atoms with Crippen molar-refractivity contribution in [1.82, 2.24) is 0 Å². The molecule has 1 unspecified atom stereocenters. The van der Waals surface area contributed by atoms with Gasteiger partial charge in [0.2, 0.25) is 0 Å². The van der Waals surface area contributed by atoms with E-state index < -0.39 is 22.6 Å². The second-order valence-corrected chi connectivity index (χ2v) is 13.4. The van der Waals surface area contributed by atoms with Gasteiger partial charge < -0.3 is 14.7 Å². The molecule has 1 aliphatic carbocycles. The van der Waals surface area contributed by atoms with Crippen LogP contribution in [0.4, 0.5) is 5.69 Å². The summed E-state index contributed by atoms with van der Waals surface area (Å²) in [4.78, 5) is 15.5. The molecule has 2 heterocycles. The summed E-state index contributed by atoms with van der Waals surface area (Å²) in [5.74, 6) is 0.821. The molecule has 39 heavy (non-hydrogen) atoms. The lowest BCUT2D eigenvalue weighted by Crippen LogP contribution is -2.43. The second kappa shape index (κ2) is 12.4. The van der Waals surface area contributed by atoms with Gasteiger partial charge in [0.25, 0.3) is 5.91 Å². The Morgan fingerprint density at radius 1 is 1.10 bits per heavy atom. The Morgan fingerprint density at radius 2 is 1.95 bits per heavy atom. The molecular weight excluding hydrogens is 532 g/mol. The molecule has 1 saturated carbocycles. The first-order valence-electron chi connectivity index (χ1n) is 14.2. The highest BCUT2D eigenvalue weighted by molar-refractivity contribution is 7.76. The molecule has 0 radical (unpaired) electrons. The van der Waals surface area contributed by atoms with Crippen LogP contribution >= 0.6 is 11.6 Å². The minimum Gasteiger partial charge on any atom is -0.491 e. The normalized spacial score (nSPS) is 31.3. The number of carbonyl (C=O) groups excluding carboxylic acids is 1. The molecule has 6 atom stereocenters. The predicted molar refractivity (Wildman–Crippen MR) is 158 cm³/mol. The Kier molecular flexibility index (Phi) is 8.99. The monoisotopic (exact) mass is 570 g/mol. The molecule has 0 spiro atoms. The van der Waals surface area contributed by atoms with Crippen molar-refractivity contribution in [2.24, 2.45) is 22.1 Å². The Morgan fingerprint density at radius 3 is 2.74 bits per heavy atom. The van der Waals surface area contributed by atoms with Gasteiger partial charge in [0.15, 0.2) is 0 Å². The van der Waals surface area contributed by atoms with Gasteiger partial charge in [0, 0.05) is 39.5 Å². The first-order chi connectivity index (χ1) is 18.8. The number of thiol groups is 1. The van der Waals surface area contributed by atoms with Gasteiger partial charge in [-0.2, -0.15) is 4.36 Å². The third-order valence-corrected chi connectivity index (χ3v) is 10.6. The van der Waals surface area contributed by atoms with Gasteiger partial charge in [-0.15, -0.1) is 0 Å². The number of anilines is 1. The largest absolute Gasteiger partial charge is 0.491 e. The summed E-state index contributed by atoms with van der Waals surface area (Å²) in [5, 5.41) is 11.5. The zero-order valence-corrected chi connectivity index (χ0v) is 24.4. The Labute approximate surface area is 238 Å². The summed E-state index contributed by atoms with van der Waals surface area (Å²) in [6.07, 6.45) is 8.91. The van der Waals surface area contributed by atoms with E-state index in [1.165, 1.54) is 11.1 Å². The molecule has 8 heteroatoms. The lowest BCUT2D eigenvalue weighted by Gasteiger charge is -2.42. The van der Waals surface area contributed by atoms with Crippen LogP contribution in [0.3, 0.4) is 0 Å². The van der Waals surface area contributed by atoms with E-state index in [0.29, 0.717) is 31.1 Å². The van der Waals surface area contributed by atoms with Crippen molar-refractivity contribution in [2.45, 2.75) is 70.3 Å². The summed E-state index contributed by atoms with van der Waals surface area (Å²) in [5.41, 5.74) is 3.67. The number of rotatable bonds is 0. The molecule has 6 nitrogen and oxygen atoms in total. The van der Waals surface area contributed by atoms with E-state index >= 15 is 0 Å². The van der Waals surface area contributed by atoms with Crippen molar-refractivity contribution in [3.05, 3.63) is 70.3 Å². The van der Waals surface area contributed by atoms with E-state index in [0.717, 1.165) is 55.1 Å². The quantitative estimate of drug-likeness (QED) is 0.290. The average Bonchev–Trinajstić information content (AvgIpc) is 2.92. The molecule has 1 amide bonds. The minimum atomic E-state index is -2.08. The van der Waals surface area contributed by atoms with Crippen molar-refractivity contribution in [3.63, 3.8) is 0 Å². The van der Waals surface area contributed by atoms with Crippen molar-refractivity contribution < 1.29 is 18.8 Å². The zero-order valence-electron chi connectivity index (χ0n) is 22.8. The third kappa shape index (κ3) is 6.53. The summed E-state index contributed by atoms with van der Waals surface area (Å²) in [7, 11) is -2.08. The van der Waals surface area contributed by atoms with E-state index in [-0.39, 0.29) is 17.1 Å². The van der Waals surface area contributed by atoms with Crippen LogP contribution < -0.4 is 9.64 Å². The highest BCUT2D eigenvalue weighted by atomic mass is 35.5. The van der Waals surface area contributed by atoms with Gasteiger partial charge in [0.1, 0.15) is 5.75 Å². The molecule has 2 aliphatic heterocycles. The number of amides is 1. The van der Waals surface area contributed by atoms with Crippen LogP contribution in [0.5, 0.6) is 5.75 Å². The first-order valence-corrected chi connectivity index (χ1v) is 15.8. The van der Waals surface area contributed by atoms with Crippen LogP contribution in [-0.2, 0) is 23.6 Å². The number of hydrogen-bond donors (Lipinski definition) is 2. The van der Waals surface area contributed by atoms with Crippen molar-refractivity contribution >= 4 is 33.8 Å². The summed E-state index contributed by atoms with van der Waals surface area (Å²) < 4.78 is 23.4. The van der Waals surface area contributed by atoms with Crippen molar-refractivity contribution in [1.29, 1.82) is 0 Å². The molecule has 1 N–H and O–H groups in total. The van der Waals surface area contributed by atoms with Crippen molar-refractivity contribution in [2.75, 3.05) is 18.1 Å². The number of ether oxygens (including phenoxy) is 1. The molecule has 2 bridgehead atoms. The Balaban J connectivity index is 1.61. The number of carbonyl (C=O) groups is 1. The van der Waals surface area contributed by atoms with E-state index in [1.807, 2.05) is 44.2 Å². The average molecular weight is 571 g/mol. The molecular formula is C31H39ClN2O4S. The number of nitrogens with zero attached hydrogens (tertiary/aromatic N) is 2. The first kappa shape index (κ1) is 28.2. The third-order valence-electron chi connectivity index (χ3n) is 8.75. The molecule has 1 fully saturated rings. The SMILES string of the molecule is C[C@@H]1[C@@H](C)C/C=C/[C@H](O)[C@@H]2CC[C@H]2CN2Cc3ccc(Cl)cc3CCCCOc3ccc(cc32)C(=O)/N=[SH]\1=O. The van der Waals surface area contributed by atoms with E-state index in [1.54, 1.807) is 6.07 Å². The maximum atomic E-state index is 13.2. The predicted octanol–water partition coefficient (Wildman–Crippen LogP) is 6.24. The van der Waals surface area contributed by atoms with Crippen LogP contribution in [0, 0.1) is 17.8 Å². The van der Waals surface area contributed by atoms with E-state index in [4.69, 9.17) is 16.3 Å². The van der Waals surface area contributed by atoms with E-state index in [9.17, 15) is 14.1 Å². The van der Waals surface area contributed by atoms with E-state index in [2.05, 4.69) is 21.4 Å². The van der Waals surface area contributed by atoms with Crippen LogP contribution in [0.1, 0.15) is 67.4 Å². The summed E-state index contributed by atoms with van der Waals surface area (Å²) in [6.45, 7) is 5.83. The smallest absolute Gasteiger partial charge is 0.284 e. The summed E-state index contributed by atoms with van der Waals surface area (Å²) in [6, 6.07) is 11.5. The lowest BCUT2D eigenvalue weighted by atomic mass is 9.70. The number of aliphatic hydroxyl groups excluding tert-OH is 1. The molecule has 0 saturated heterocycles. The Hall–Kier alpha value is -2.35. The number of fused-ring (bicyclic) bond motifs is 3. The molecule has 0 aromatic heterocycles. The second-order valence-electron chi connectivity index (χ2n) is 11.4. The van der Waals surface area contributed by atoms with Gasteiger partial charge in [-0.05, 0) is 105 Å². The maximum Gasteiger partial charge on any atom is 0.284 e. The molecule has 5 rings (SSSR count). The topological polar surface area (TPSA) is 79.2 Å². The van der Waals surface area contributed by atoms with Crippen LogP contribution in [-0.4, -0.2) is 39.7 Å². The number of halogens is 1. The highest BCUT2D eigenvalue weighted by Gasteiger charge is 2.37. The van der Waals surface area contributed by atoms with Crippen molar-refractivity contribution in [3.8, 4) is 5.75 Å². The van der Waals surface area contributed by atoms with Gasteiger partial charge in [-0.3, -0.25) is 9.00 Å². The maximum absolute atomic E-state index is 13.2. The number of benzene rings is 2.